The zero-order valence-corrected chi connectivity index (χ0v) is 12.7. The average Bonchev–Trinajstić information content (AvgIpc) is 3.03. The Bertz CT molecular complexity index is 654. The first kappa shape index (κ1) is 15.8. The molecule has 0 fully saturated rings. The maximum Gasteiger partial charge on any atom is 0.342 e. The fourth-order valence-electron chi connectivity index (χ4n) is 1.67. The molecule has 0 bridgehead atoms. The second-order valence-electron chi connectivity index (χ2n) is 4.32. The number of phenols is 1. The maximum absolute atomic E-state index is 11.8. The Hall–Kier alpha value is -2.54. The van der Waals surface area contributed by atoms with Gasteiger partial charge < -0.3 is 19.9 Å². The van der Waals surface area contributed by atoms with Gasteiger partial charge >= 0.3 is 5.97 Å². The number of esters is 1. The van der Waals surface area contributed by atoms with Gasteiger partial charge in [0.2, 0.25) is 0 Å². The Morgan fingerprint density at radius 3 is 2.77 bits per heavy atom. The lowest BCUT2D eigenvalue weighted by atomic mass is 10.2. The number of hydrogen-bond acceptors (Lipinski definition) is 6. The number of amides is 1. The molecule has 7 heteroatoms. The Morgan fingerprint density at radius 2 is 2.14 bits per heavy atom. The molecule has 0 radical (unpaired) electrons. The number of benzene rings is 1. The molecule has 1 aromatic heterocycles. The van der Waals surface area contributed by atoms with Gasteiger partial charge in [-0.05, 0) is 23.6 Å². The van der Waals surface area contributed by atoms with Crippen LogP contribution in [-0.2, 0) is 16.1 Å². The van der Waals surface area contributed by atoms with Crippen molar-refractivity contribution in [1.82, 2.24) is 5.32 Å². The van der Waals surface area contributed by atoms with E-state index in [1.54, 1.807) is 0 Å². The Balaban J connectivity index is 1.83. The first-order valence-corrected chi connectivity index (χ1v) is 7.31. The van der Waals surface area contributed by atoms with Crippen molar-refractivity contribution in [1.29, 1.82) is 0 Å². The molecule has 1 amide bonds. The second kappa shape index (κ2) is 7.46. The van der Waals surface area contributed by atoms with E-state index in [2.05, 4.69) is 5.32 Å². The summed E-state index contributed by atoms with van der Waals surface area (Å²) in [6, 6.07) is 7.98. The van der Waals surface area contributed by atoms with Crippen LogP contribution in [0.5, 0.6) is 11.5 Å². The molecule has 0 saturated heterocycles. The van der Waals surface area contributed by atoms with Crippen LogP contribution in [0.25, 0.3) is 0 Å². The van der Waals surface area contributed by atoms with Crippen LogP contribution in [0.3, 0.4) is 0 Å². The quantitative estimate of drug-likeness (QED) is 0.794. The molecular weight excluding hydrogens is 306 g/mol. The van der Waals surface area contributed by atoms with Gasteiger partial charge in [-0.3, -0.25) is 4.79 Å². The molecule has 0 unspecified atom stereocenters. The Morgan fingerprint density at radius 1 is 1.32 bits per heavy atom. The summed E-state index contributed by atoms with van der Waals surface area (Å²) in [4.78, 5) is 24.4. The van der Waals surface area contributed by atoms with Crippen LogP contribution in [0.15, 0.2) is 35.7 Å². The highest BCUT2D eigenvalue weighted by molar-refractivity contribution is 7.09. The lowest BCUT2D eigenvalue weighted by Gasteiger charge is -2.08. The zero-order valence-electron chi connectivity index (χ0n) is 11.9. The number of ether oxygens (including phenoxy) is 2. The lowest BCUT2D eigenvalue weighted by Crippen LogP contribution is -2.28. The molecule has 0 aliphatic heterocycles. The summed E-state index contributed by atoms with van der Waals surface area (Å²) < 4.78 is 9.79. The van der Waals surface area contributed by atoms with Gasteiger partial charge in [0, 0.05) is 10.9 Å². The summed E-state index contributed by atoms with van der Waals surface area (Å²) in [6.07, 6.45) is 0. The van der Waals surface area contributed by atoms with Gasteiger partial charge in [0.25, 0.3) is 5.91 Å². The van der Waals surface area contributed by atoms with Gasteiger partial charge in [0.05, 0.1) is 13.7 Å². The Kier molecular flexibility index (Phi) is 5.37. The summed E-state index contributed by atoms with van der Waals surface area (Å²) in [7, 11) is 1.45. The number of phenolic OH excluding ortho intramolecular Hbond substituents is 1. The minimum absolute atomic E-state index is 0.0214. The summed E-state index contributed by atoms with van der Waals surface area (Å²) in [5.41, 5.74) is -0.0214. The maximum atomic E-state index is 11.8. The highest BCUT2D eigenvalue weighted by atomic mass is 32.1. The third-order valence-corrected chi connectivity index (χ3v) is 3.68. The highest BCUT2D eigenvalue weighted by Crippen LogP contribution is 2.23. The topological polar surface area (TPSA) is 84.9 Å². The number of carbonyl (C=O) groups excluding carboxylic acids is 2. The minimum Gasteiger partial charge on any atom is -0.507 e. The average molecular weight is 321 g/mol. The first-order valence-electron chi connectivity index (χ1n) is 6.43. The fourth-order valence-corrected chi connectivity index (χ4v) is 2.31. The molecule has 0 atom stereocenters. The summed E-state index contributed by atoms with van der Waals surface area (Å²) >= 11 is 1.52. The molecule has 0 aliphatic rings. The van der Waals surface area contributed by atoms with E-state index in [-0.39, 0.29) is 11.3 Å². The lowest BCUT2D eigenvalue weighted by molar-refractivity contribution is -0.124. The molecular formula is C15H15NO5S. The number of carbonyl (C=O) groups is 2. The number of hydrogen-bond donors (Lipinski definition) is 2. The molecule has 116 valence electrons. The van der Waals surface area contributed by atoms with Gasteiger partial charge in [-0.25, -0.2) is 4.79 Å². The zero-order chi connectivity index (χ0) is 15.9. The van der Waals surface area contributed by atoms with Crippen LogP contribution in [0.2, 0.25) is 0 Å². The van der Waals surface area contributed by atoms with Crippen molar-refractivity contribution in [2.45, 2.75) is 6.54 Å². The monoisotopic (exact) mass is 321 g/mol. The number of nitrogens with one attached hydrogen (secondary N) is 1. The second-order valence-corrected chi connectivity index (χ2v) is 5.35. The molecule has 2 N–H and O–H groups in total. The summed E-state index contributed by atoms with van der Waals surface area (Å²) in [5, 5.41) is 14.3. The SMILES string of the molecule is COc1ccc(C(=O)OCC(=O)NCc2cccs2)c(O)c1. The summed E-state index contributed by atoms with van der Waals surface area (Å²) in [5.74, 6) is -1.02. The van der Waals surface area contributed by atoms with Crippen molar-refractivity contribution < 1.29 is 24.2 Å². The third-order valence-electron chi connectivity index (χ3n) is 2.80. The van der Waals surface area contributed by atoms with Crippen molar-refractivity contribution in [2.75, 3.05) is 13.7 Å². The standard InChI is InChI=1S/C15H15NO5S/c1-20-10-4-5-12(13(17)7-10)15(19)21-9-14(18)16-8-11-3-2-6-22-11/h2-7,17H,8-9H2,1H3,(H,16,18). The predicted octanol–water partition coefficient (Wildman–Crippen LogP) is 1.94. The van der Waals surface area contributed by atoms with Crippen LogP contribution in [0.1, 0.15) is 15.2 Å². The number of rotatable bonds is 6. The Labute approximate surface area is 131 Å². The smallest absolute Gasteiger partial charge is 0.342 e. The van der Waals surface area contributed by atoms with Crippen molar-refractivity contribution in [3.8, 4) is 11.5 Å². The van der Waals surface area contributed by atoms with E-state index in [1.165, 1.54) is 36.6 Å². The van der Waals surface area contributed by atoms with Crippen LogP contribution in [0, 0.1) is 0 Å². The molecule has 1 heterocycles. The number of thiophene rings is 1. The fraction of sp³-hybridized carbons (Fsp3) is 0.200. The van der Waals surface area contributed by atoms with E-state index >= 15 is 0 Å². The molecule has 22 heavy (non-hydrogen) atoms. The molecule has 0 saturated carbocycles. The summed E-state index contributed by atoms with van der Waals surface area (Å²) in [6.45, 7) is -0.0164. The van der Waals surface area contributed by atoms with Gasteiger partial charge in [-0.2, -0.15) is 0 Å². The first-order chi connectivity index (χ1) is 10.6. The molecule has 1 aromatic carbocycles. The van der Waals surface area contributed by atoms with Gasteiger partial charge in [-0.15, -0.1) is 11.3 Å². The van der Waals surface area contributed by atoms with Crippen LogP contribution >= 0.6 is 11.3 Å². The highest BCUT2D eigenvalue weighted by Gasteiger charge is 2.15. The van der Waals surface area contributed by atoms with E-state index in [4.69, 9.17) is 9.47 Å². The number of methoxy groups -OCH3 is 1. The van der Waals surface area contributed by atoms with Gasteiger partial charge in [0.1, 0.15) is 17.1 Å². The number of aromatic hydroxyl groups is 1. The molecule has 2 rings (SSSR count). The van der Waals surface area contributed by atoms with Crippen molar-refractivity contribution in [3.63, 3.8) is 0 Å². The van der Waals surface area contributed by atoms with Crippen LogP contribution in [0.4, 0.5) is 0 Å². The van der Waals surface area contributed by atoms with Gasteiger partial charge in [0.15, 0.2) is 6.61 Å². The molecule has 2 aromatic rings. The normalized spacial score (nSPS) is 10.0. The van der Waals surface area contributed by atoms with Crippen LogP contribution in [-0.4, -0.2) is 30.7 Å². The molecule has 0 aliphatic carbocycles. The van der Waals surface area contributed by atoms with E-state index in [1.807, 2.05) is 17.5 Å². The largest absolute Gasteiger partial charge is 0.507 e. The molecule has 6 nitrogen and oxygen atoms in total. The van der Waals surface area contributed by atoms with E-state index in [9.17, 15) is 14.7 Å². The van der Waals surface area contributed by atoms with Crippen molar-refractivity contribution >= 4 is 23.2 Å². The van der Waals surface area contributed by atoms with E-state index in [0.29, 0.717) is 12.3 Å². The van der Waals surface area contributed by atoms with Crippen molar-refractivity contribution in [2.24, 2.45) is 0 Å². The molecule has 0 spiro atoms. The van der Waals surface area contributed by atoms with E-state index in [0.717, 1.165) is 4.88 Å². The van der Waals surface area contributed by atoms with Gasteiger partial charge in [-0.1, -0.05) is 6.07 Å². The van der Waals surface area contributed by atoms with Crippen LogP contribution < -0.4 is 10.1 Å². The van der Waals surface area contributed by atoms with E-state index < -0.39 is 18.5 Å². The third kappa shape index (κ3) is 4.23. The van der Waals surface area contributed by atoms with Crippen molar-refractivity contribution in [3.05, 3.63) is 46.2 Å². The predicted molar refractivity (Wildman–Crippen MR) is 81.1 cm³/mol. The minimum atomic E-state index is -0.772.